The van der Waals surface area contributed by atoms with Crippen molar-refractivity contribution in [1.29, 1.82) is 0 Å². The van der Waals surface area contributed by atoms with Crippen LogP contribution in [0, 0.1) is 0 Å². The highest BCUT2D eigenvalue weighted by atomic mass is 16.6. The maximum absolute atomic E-state index is 10.4. The number of hydrogen-bond acceptors (Lipinski definition) is 9. The molecule has 0 amide bonds. The summed E-state index contributed by atoms with van der Waals surface area (Å²) in [5, 5.41) is 18.9. The maximum Gasteiger partial charge on any atom is 0.102 e. The Balaban J connectivity index is 1.83. The van der Waals surface area contributed by atoms with Crippen molar-refractivity contribution >= 4 is 0 Å². The molecular weight excluding hydrogens is 516 g/mol. The molecule has 0 radical (unpaired) electrons. The van der Waals surface area contributed by atoms with Gasteiger partial charge in [0.15, 0.2) is 0 Å². The van der Waals surface area contributed by atoms with E-state index in [9.17, 15) is 5.11 Å². The van der Waals surface area contributed by atoms with Crippen molar-refractivity contribution in [2.75, 3.05) is 99.1 Å². The lowest BCUT2D eigenvalue weighted by Crippen LogP contribution is -2.15. The van der Waals surface area contributed by atoms with E-state index in [1.165, 1.54) is 50.5 Å². The van der Waals surface area contributed by atoms with Gasteiger partial charge in [-0.3, -0.25) is 0 Å². The van der Waals surface area contributed by atoms with Crippen molar-refractivity contribution in [3.05, 3.63) is 35.4 Å². The Morgan fingerprint density at radius 1 is 0.525 bits per heavy atom. The van der Waals surface area contributed by atoms with E-state index in [1.807, 2.05) is 12.1 Å². The van der Waals surface area contributed by atoms with Gasteiger partial charge < -0.3 is 43.4 Å². The SMILES string of the molecule is CCCCCCCCCc1ccc(C(O)COCCOCCOCCOCCOCCOCCOCCO)cc1. The van der Waals surface area contributed by atoms with Crippen molar-refractivity contribution in [3.8, 4) is 0 Å². The number of rotatable bonds is 31. The highest BCUT2D eigenvalue weighted by molar-refractivity contribution is 5.24. The van der Waals surface area contributed by atoms with E-state index in [1.54, 1.807) is 0 Å². The molecule has 0 fully saturated rings. The fourth-order valence-electron chi connectivity index (χ4n) is 3.87. The number of benzene rings is 1. The summed E-state index contributed by atoms with van der Waals surface area (Å²) in [4.78, 5) is 0. The molecule has 1 aromatic carbocycles. The molecule has 0 bridgehead atoms. The van der Waals surface area contributed by atoms with Crippen LogP contribution in [-0.2, 0) is 39.6 Å². The van der Waals surface area contributed by atoms with E-state index in [2.05, 4.69) is 19.1 Å². The van der Waals surface area contributed by atoms with Gasteiger partial charge in [-0.05, 0) is 24.0 Å². The lowest BCUT2D eigenvalue weighted by molar-refractivity contribution is -0.0262. The quantitative estimate of drug-likeness (QED) is 0.127. The predicted molar refractivity (Wildman–Crippen MR) is 156 cm³/mol. The van der Waals surface area contributed by atoms with Gasteiger partial charge in [-0.1, -0.05) is 69.7 Å². The van der Waals surface area contributed by atoms with Gasteiger partial charge in [0, 0.05) is 0 Å². The van der Waals surface area contributed by atoms with Gasteiger partial charge in [0.2, 0.25) is 0 Å². The molecule has 0 aliphatic heterocycles. The first kappa shape index (κ1) is 36.9. The minimum Gasteiger partial charge on any atom is -0.394 e. The zero-order chi connectivity index (χ0) is 28.8. The molecule has 1 aromatic rings. The summed E-state index contributed by atoms with van der Waals surface area (Å²) in [5.41, 5.74) is 2.22. The predicted octanol–water partition coefficient (Wildman–Crippen LogP) is 4.12. The zero-order valence-corrected chi connectivity index (χ0v) is 24.9. The smallest absolute Gasteiger partial charge is 0.102 e. The van der Waals surface area contributed by atoms with E-state index in [0.29, 0.717) is 85.9 Å². The standard InChI is InChI=1S/C31H56O9/c1-2-3-4-5-6-7-8-9-29-10-12-30(13-11-29)31(33)28-40-27-26-39-25-24-38-23-22-37-21-20-36-19-18-35-17-16-34-15-14-32/h10-13,31-33H,2-9,14-28H2,1H3. The molecule has 9 nitrogen and oxygen atoms in total. The fraction of sp³-hybridized carbons (Fsp3) is 0.806. The van der Waals surface area contributed by atoms with Crippen molar-refractivity contribution in [2.24, 2.45) is 0 Å². The largest absolute Gasteiger partial charge is 0.394 e. The second-order valence-corrected chi connectivity index (χ2v) is 9.60. The van der Waals surface area contributed by atoms with Crippen molar-refractivity contribution in [3.63, 3.8) is 0 Å². The summed E-state index contributed by atoms with van der Waals surface area (Å²) in [7, 11) is 0. The van der Waals surface area contributed by atoms with E-state index in [0.717, 1.165) is 12.0 Å². The summed E-state index contributed by atoms with van der Waals surface area (Å²) in [6.07, 6.45) is 9.71. The Morgan fingerprint density at radius 2 is 0.925 bits per heavy atom. The van der Waals surface area contributed by atoms with Crippen LogP contribution in [0.2, 0.25) is 0 Å². The molecule has 40 heavy (non-hydrogen) atoms. The van der Waals surface area contributed by atoms with Gasteiger partial charge in [0.1, 0.15) is 6.10 Å². The number of aryl methyl sites for hydroxylation is 1. The summed E-state index contributed by atoms with van der Waals surface area (Å²) in [5.74, 6) is 0. The third kappa shape index (κ3) is 23.6. The third-order valence-electron chi connectivity index (χ3n) is 6.18. The van der Waals surface area contributed by atoms with E-state index in [-0.39, 0.29) is 13.2 Å². The van der Waals surface area contributed by atoms with Gasteiger partial charge in [-0.15, -0.1) is 0 Å². The highest BCUT2D eigenvalue weighted by Crippen LogP contribution is 2.16. The molecule has 0 saturated heterocycles. The van der Waals surface area contributed by atoms with Crippen LogP contribution >= 0.6 is 0 Å². The topological polar surface area (TPSA) is 105 Å². The summed E-state index contributed by atoms with van der Waals surface area (Å²) >= 11 is 0. The maximum atomic E-state index is 10.4. The van der Waals surface area contributed by atoms with E-state index >= 15 is 0 Å². The average Bonchev–Trinajstić information content (AvgIpc) is 2.97. The minimum atomic E-state index is -0.627. The first-order chi connectivity index (χ1) is 19.8. The number of aliphatic hydroxyl groups is 2. The normalized spacial score (nSPS) is 12.3. The minimum absolute atomic E-state index is 0.0276. The van der Waals surface area contributed by atoms with Crippen LogP contribution in [0.25, 0.3) is 0 Å². The molecule has 0 spiro atoms. The molecule has 0 heterocycles. The molecule has 9 heteroatoms. The van der Waals surface area contributed by atoms with Crippen molar-refractivity contribution in [2.45, 2.75) is 64.4 Å². The molecule has 1 atom stereocenters. The molecule has 0 saturated carbocycles. The first-order valence-corrected chi connectivity index (χ1v) is 15.2. The van der Waals surface area contributed by atoms with Crippen molar-refractivity contribution < 1.29 is 43.4 Å². The molecule has 0 aromatic heterocycles. The second-order valence-electron chi connectivity index (χ2n) is 9.60. The molecule has 1 unspecified atom stereocenters. The van der Waals surface area contributed by atoms with E-state index < -0.39 is 6.10 Å². The monoisotopic (exact) mass is 572 g/mol. The van der Waals surface area contributed by atoms with Gasteiger partial charge >= 0.3 is 0 Å². The number of ether oxygens (including phenoxy) is 7. The molecule has 0 aliphatic rings. The molecule has 2 N–H and O–H groups in total. The fourth-order valence-corrected chi connectivity index (χ4v) is 3.87. The third-order valence-corrected chi connectivity index (χ3v) is 6.18. The summed E-state index contributed by atoms with van der Waals surface area (Å²) in [6, 6.07) is 8.25. The van der Waals surface area contributed by atoms with Crippen LogP contribution in [0.3, 0.4) is 0 Å². The Labute approximate surface area is 242 Å². The number of hydrogen-bond donors (Lipinski definition) is 2. The first-order valence-electron chi connectivity index (χ1n) is 15.2. The van der Waals surface area contributed by atoms with Crippen LogP contribution in [0.15, 0.2) is 24.3 Å². The Morgan fingerprint density at radius 3 is 1.38 bits per heavy atom. The van der Waals surface area contributed by atoms with Gasteiger partial charge in [-0.25, -0.2) is 0 Å². The Hall–Kier alpha value is -1.14. The van der Waals surface area contributed by atoms with E-state index in [4.69, 9.17) is 38.3 Å². The number of unbranched alkanes of at least 4 members (excludes halogenated alkanes) is 6. The van der Waals surface area contributed by atoms with Gasteiger partial charge in [0.25, 0.3) is 0 Å². The summed E-state index contributed by atoms with van der Waals surface area (Å²) in [6.45, 7) is 8.73. The zero-order valence-electron chi connectivity index (χ0n) is 24.9. The Kier molecular flexibility index (Phi) is 27.1. The summed E-state index contributed by atoms with van der Waals surface area (Å²) < 4.78 is 37.8. The van der Waals surface area contributed by atoms with Crippen molar-refractivity contribution in [1.82, 2.24) is 0 Å². The van der Waals surface area contributed by atoms with Crippen LogP contribution in [0.4, 0.5) is 0 Å². The second kappa shape index (κ2) is 29.4. The molecule has 1 rings (SSSR count). The molecule has 0 aliphatic carbocycles. The van der Waals surface area contributed by atoms with Gasteiger partial charge in [-0.2, -0.15) is 0 Å². The van der Waals surface area contributed by atoms with Crippen LogP contribution in [0.5, 0.6) is 0 Å². The number of aliphatic hydroxyl groups excluding tert-OH is 2. The molecule has 234 valence electrons. The van der Waals surface area contributed by atoms with Crippen LogP contribution in [-0.4, -0.2) is 109 Å². The highest BCUT2D eigenvalue weighted by Gasteiger charge is 2.07. The molecular formula is C31H56O9. The lowest BCUT2D eigenvalue weighted by atomic mass is 10.0. The van der Waals surface area contributed by atoms with Gasteiger partial charge in [0.05, 0.1) is 99.1 Å². The Bertz CT molecular complexity index is 630. The van der Waals surface area contributed by atoms with Crippen LogP contribution < -0.4 is 0 Å². The average molecular weight is 573 g/mol. The lowest BCUT2D eigenvalue weighted by Gasteiger charge is -2.13. The van der Waals surface area contributed by atoms with Crippen LogP contribution in [0.1, 0.15) is 69.1 Å².